The van der Waals surface area contributed by atoms with Crippen molar-refractivity contribution in [2.45, 2.75) is 50.4 Å². The van der Waals surface area contributed by atoms with E-state index in [0.29, 0.717) is 32.3 Å². The summed E-state index contributed by atoms with van der Waals surface area (Å²) in [7, 11) is 0. The van der Waals surface area contributed by atoms with Crippen molar-refractivity contribution in [2.75, 3.05) is 31.6 Å². The number of carbonyl (C=O) groups is 2. The number of nitrogens with two attached hydrogens (primary N) is 1. The van der Waals surface area contributed by atoms with Gasteiger partial charge in [-0.1, -0.05) is 13.2 Å². The molecule has 0 aliphatic carbocycles. The van der Waals surface area contributed by atoms with Gasteiger partial charge < -0.3 is 20.8 Å². The molecule has 1 amide bonds. The molecule has 3 atom stereocenters. The maximum atomic E-state index is 12.7. The van der Waals surface area contributed by atoms with Gasteiger partial charge in [0.1, 0.15) is 5.54 Å². The summed E-state index contributed by atoms with van der Waals surface area (Å²) in [5.41, 5.74) is 4.45. The molecule has 2 fully saturated rings. The van der Waals surface area contributed by atoms with Crippen LogP contribution >= 0.6 is 11.8 Å². The van der Waals surface area contributed by atoms with Crippen molar-refractivity contribution < 1.29 is 19.7 Å². The molecule has 0 bridgehead atoms. The zero-order valence-corrected chi connectivity index (χ0v) is 16.0. The van der Waals surface area contributed by atoms with E-state index in [9.17, 15) is 19.7 Å². The first-order valence-corrected chi connectivity index (χ1v) is 10.4. The number of aliphatic carboxylic acids is 1. The molecule has 9 heteroatoms. The number of carboxylic acids is 1. The van der Waals surface area contributed by atoms with E-state index in [1.807, 2.05) is 6.26 Å². The minimum atomic E-state index is -1.10. The minimum Gasteiger partial charge on any atom is -0.480 e. The van der Waals surface area contributed by atoms with Gasteiger partial charge in [0.25, 0.3) is 6.92 Å². The summed E-state index contributed by atoms with van der Waals surface area (Å²) < 4.78 is 0. The molecule has 0 spiro atoms. The Morgan fingerprint density at radius 1 is 1.44 bits per heavy atom. The number of carboxylic acid groups (broad SMARTS) is 1. The first kappa shape index (κ1) is 20.5. The van der Waals surface area contributed by atoms with Crippen LogP contribution < -0.4 is 11.1 Å². The number of rotatable bonds is 9. The van der Waals surface area contributed by atoms with E-state index in [1.54, 1.807) is 23.5 Å². The van der Waals surface area contributed by atoms with Crippen LogP contribution in [-0.2, 0) is 9.59 Å². The predicted molar refractivity (Wildman–Crippen MR) is 101 cm³/mol. The highest BCUT2D eigenvalue weighted by molar-refractivity contribution is 7.98. The molecule has 0 unspecified atom stereocenters. The van der Waals surface area contributed by atoms with Crippen molar-refractivity contribution in [1.29, 1.82) is 0 Å². The van der Waals surface area contributed by atoms with Gasteiger partial charge in [-0.2, -0.15) is 11.8 Å². The van der Waals surface area contributed by atoms with Crippen LogP contribution in [0, 0.1) is 5.41 Å². The molecule has 142 valence electrons. The fraction of sp³-hybridized carbons (Fsp3) is 0.875. The predicted octanol–water partition coefficient (Wildman–Crippen LogP) is 0.106. The molecule has 0 aromatic carbocycles. The van der Waals surface area contributed by atoms with E-state index >= 15 is 0 Å². The maximum absolute atomic E-state index is 12.7. The highest BCUT2D eigenvalue weighted by Gasteiger charge is 2.65. The van der Waals surface area contributed by atoms with Gasteiger partial charge in [-0.3, -0.25) is 14.9 Å². The van der Waals surface area contributed by atoms with E-state index in [-0.39, 0.29) is 12.5 Å². The largest absolute Gasteiger partial charge is 0.480 e. The molecule has 5 N–H and O–H groups in total. The Morgan fingerprint density at radius 2 is 2.16 bits per heavy atom. The lowest BCUT2D eigenvalue weighted by molar-refractivity contribution is -0.147. The van der Waals surface area contributed by atoms with E-state index in [4.69, 9.17) is 5.73 Å². The summed E-state index contributed by atoms with van der Waals surface area (Å²) in [5, 5.41) is 22.6. The molecule has 2 aliphatic rings. The van der Waals surface area contributed by atoms with Gasteiger partial charge >= 0.3 is 5.97 Å². The number of carbonyl (C=O) groups excluding carboxylic acids is 1. The van der Waals surface area contributed by atoms with Crippen molar-refractivity contribution in [3.8, 4) is 0 Å². The first-order valence-electron chi connectivity index (χ1n) is 8.98. The van der Waals surface area contributed by atoms with Crippen LogP contribution in [-0.4, -0.2) is 77.0 Å². The molecule has 2 heterocycles. The van der Waals surface area contributed by atoms with Crippen LogP contribution in [0.3, 0.4) is 0 Å². The van der Waals surface area contributed by atoms with Gasteiger partial charge in [0.2, 0.25) is 5.91 Å². The maximum Gasteiger partial charge on any atom is 0.326 e. The van der Waals surface area contributed by atoms with Gasteiger partial charge in [-0.05, 0) is 44.1 Å². The van der Waals surface area contributed by atoms with Crippen molar-refractivity contribution in [3.05, 3.63) is 0 Å². The smallest absolute Gasteiger partial charge is 0.326 e. The van der Waals surface area contributed by atoms with Crippen molar-refractivity contribution in [1.82, 2.24) is 10.2 Å². The number of likely N-dealkylation sites (tertiary alicyclic amines) is 1. The Bertz CT molecular complexity index is 510. The van der Waals surface area contributed by atoms with Gasteiger partial charge in [-0.15, -0.1) is 0 Å². The van der Waals surface area contributed by atoms with E-state index in [2.05, 4.69) is 5.32 Å². The fourth-order valence-electron chi connectivity index (χ4n) is 4.34. The topological polar surface area (TPSA) is 116 Å². The summed E-state index contributed by atoms with van der Waals surface area (Å²) in [4.78, 5) is 26.5. The second-order valence-corrected chi connectivity index (χ2v) is 8.48. The van der Waals surface area contributed by atoms with Crippen LogP contribution in [0.1, 0.15) is 25.7 Å². The van der Waals surface area contributed by atoms with E-state index in [0.717, 1.165) is 18.6 Å². The number of nitrogens with zero attached hydrogens (tertiary/aromatic N) is 1. The third-order valence-electron chi connectivity index (χ3n) is 5.76. The summed E-state index contributed by atoms with van der Waals surface area (Å²) >= 11 is 1.64. The van der Waals surface area contributed by atoms with Gasteiger partial charge in [-0.25, -0.2) is 0 Å². The van der Waals surface area contributed by atoms with Crippen LogP contribution in [0.4, 0.5) is 0 Å². The fourth-order valence-corrected chi connectivity index (χ4v) is 4.83. The SMILES string of the molecule is CSCC[C@H](N)C(=O)N1C[C@@]2(CCCB(C)O)CCN[C@@]2(C(=O)O)C1. The normalized spacial score (nSPS) is 29.5. The van der Waals surface area contributed by atoms with Crippen LogP contribution in [0.15, 0.2) is 0 Å². The van der Waals surface area contributed by atoms with Gasteiger partial charge in [0.15, 0.2) is 0 Å². The lowest BCUT2D eigenvalue weighted by Gasteiger charge is -2.35. The standard InChI is InChI=1S/C16H30BN3O4S/c1-17(24)7-3-5-15-6-8-19-16(15,14(22)23)11-20(10-15)13(21)12(18)4-9-25-2/h12,19,24H,3-11,18H2,1-2H3,(H,22,23)/t12-,15+,16+/m0/s1. The third-order valence-corrected chi connectivity index (χ3v) is 6.41. The average molecular weight is 371 g/mol. The Balaban J connectivity index is 2.15. The highest BCUT2D eigenvalue weighted by atomic mass is 32.2. The Morgan fingerprint density at radius 3 is 2.76 bits per heavy atom. The Hall–Kier alpha value is -0.765. The Labute approximate surface area is 154 Å². The average Bonchev–Trinajstić information content (AvgIpc) is 3.04. The summed E-state index contributed by atoms with van der Waals surface area (Å²) in [5.74, 6) is -0.237. The number of fused-ring (bicyclic) bond motifs is 1. The molecule has 25 heavy (non-hydrogen) atoms. The molecular weight excluding hydrogens is 341 g/mol. The second kappa shape index (κ2) is 8.29. The lowest BCUT2D eigenvalue weighted by atomic mass is 9.63. The molecule has 0 aromatic rings. The van der Waals surface area contributed by atoms with Gasteiger partial charge in [0.05, 0.1) is 12.6 Å². The summed E-state index contributed by atoms with van der Waals surface area (Å²) in [6.45, 7) is 2.58. The van der Waals surface area contributed by atoms with Crippen LogP contribution in [0.2, 0.25) is 13.1 Å². The van der Waals surface area contributed by atoms with Crippen molar-refractivity contribution in [3.63, 3.8) is 0 Å². The molecule has 7 nitrogen and oxygen atoms in total. The lowest BCUT2D eigenvalue weighted by Crippen LogP contribution is -2.58. The number of amides is 1. The molecule has 2 saturated heterocycles. The number of nitrogens with one attached hydrogen (secondary N) is 1. The van der Waals surface area contributed by atoms with E-state index < -0.39 is 29.9 Å². The van der Waals surface area contributed by atoms with Crippen LogP contribution in [0.25, 0.3) is 0 Å². The summed E-state index contributed by atoms with van der Waals surface area (Å²) in [6, 6.07) is -0.577. The quantitative estimate of drug-likeness (QED) is 0.425. The molecule has 0 radical (unpaired) electrons. The molecule has 2 aliphatic heterocycles. The first-order chi connectivity index (χ1) is 11.8. The number of hydrogen-bond donors (Lipinski definition) is 4. The van der Waals surface area contributed by atoms with Crippen molar-refractivity contribution >= 4 is 30.6 Å². The Kier molecular flexibility index (Phi) is 6.81. The molecule has 2 rings (SSSR count). The summed E-state index contributed by atoms with van der Waals surface area (Å²) in [6.07, 6.45) is 5.36. The number of thioether (sulfide) groups is 1. The van der Waals surface area contributed by atoms with E-state index in [1.165, 1.54) is 0 Å². The molecular formula is C16H30BN3O4S. The minimum absolute atomic E-state index is 0.152. The molecule has 0 saturated carbocycles. The number of hydrogen-bond acceptors (Lipinski definition) is 6. The zero-order chi connectivity index (χ0) is 18.7. The monoisotopic (exact) mass is 371 g/mol. The van der Waals surface area contributed by atoms with Crippen LogP contribution in [0.5, 0.6) is 0 Å². The molecule has 0 aromatic heterocycles. The van der Waals surface area contributed by atoms with Crippen molar-refractivity contribution in [2.24, 2.45) is 11.1 Å². The zero-order valence-electron chi connectivity index (χ0n) is 15.2. The third kappa shape index (κ3) is 3.99. The van der Waals surface area contributed by atoms with Gasteiger partial charge in [0, 0.05) is 12.0 Å². The second-order valence-electron chi connectivity index (χ2n) is 7.49. The highest BCUT2D eigenvalue weighted by Crippen LogP contribution is 2.50.